The molecule has 0 amide bonds. The Morgan fingerprint density at radius 3 is 2.30 bits per heavy atom. The number of carbonyl (C=O) groups excluding carboxylic acids is 1. The summed E-state index contributed by atoms with van der Waals surface area (Å²) in [7, 11) is 4.30. The van der Waals surface area contributed by atoms with Crippen LogP contribution in [0.15, 0.2) is 54.6 Å². The molecule has 1 aliphatic rings. The quantitative estimate of drug-likeness (QED) is 0.587. The largest absolute Gasteiger partial charge is 0.491 e. The minimum atomic E-state index is -0.585. The standard InChI is InChI=1S/C25H34N2O3/c1-27(2)25(15-7-4-8-16-25)19-26-17-22(28)18-30-23-13-11-21(12-14-23)24(29)20-9-5-3-6-10-20/h3,5-6,9-14,22,26,28H,4,7-8,15-19H2,1-2H3/t22-/m1/s1. The minimum Gasteiger partial charge on any atom is -0.491 e. The zero-order valence-electron chi connectivity index (χ0n) is 18.1. The van der Waals surface area contributed by atoms with Crippen LogP contribution in [0, 0.1) is 0 Å². The minimum absolute atomic E-state index is 0.0103. The lowest BCUT2D eigenvalue weighted by atomic mass is 9.80. The number of nitrogens with one attached hydrogen (secondary N) is 1. The van der Waals surface area contributed by atoms with Gasteiger partial charge < -0.3 is 20.1 Å². The van der Waals surface area contributed by atoms with E-state index in [1.54, 1.807) is 24.3 Å². The van der Waals surface area contributed by atoms with Gasteiger partial charge in [0.2, 0.25) is 0 Å². The third-order valence-electron chi connectivity index (χ3n) is 6.16. The Morgan fingerprint density at radius 2 is 1.67 bits per heavy atom. The number of ketones is 1. The van der Waals surface area contributed by atoms with E-state index in [0.29, 0.717) is 23.4 Å². The summed E-state index contributed by atoms with van der Waals surface area (Å²) in [6.07, 6.45) is 5.68. The molecule has 0 spiro atoms. The molecule has 30 heavy (non-hydrogen) atoms. The predicted molar refractivity (Wildman–Crippen MR) is 120 cm³/mol. The molecule has 5 heteroatoms. The van der Waals surface area contributed by atoms with Crippen molar-refractivity contribution >= 4 is 5.78 Å². The fraction of sp³-hybridized carbons (Fsp3) is 0.480. The van der Waals surface area contributed by atoms with Crippen molar-refractivity contribution < 1.29 is 14.6 Å². The zero-order valence-corrected chi connectivity index (χ0v) is 18.1. The first kappa shape index (κ1) is 22.5. The lowest BCUT2D eigenvalue weighted by Crippen LogP contribution is -2.53. The molecule has 1 saturated carbocycles. The lowest BCUT2D eigenvalue weighted by molar-refractivity contribution is 0.0789. The maximum Gasteiger partial charge on any atom is 0.193 e. The van der Waals surface area contributed by atoms with Crippen molar-refractivity contribution in [3.05, 3.63) is 65.7 Å². The van der Waals surface area contributed by atoms with Gasteiger partial charge in [-0.15, -0.1) is 0 Å². The number of hydrogen-bond donors (Lipinski definition) is 2. The normalized spacial score (nSPS) is 16.9. The second-order valence-electron chi connectivity index (χ2n) is 8.49. The highest BCUT2D eigenvalue weighted by molar-refractivity contribution is 6.08. The summed E-state index contributed by atoms with van der Waals surface area (Å²) in [5.74, 6) is 0.639. The third kappa shape index (κ3) is 5.91. The summed E-state index contributed by atoms with van der Waals surface area (Å²) in [5, 5.41) is 13.7. The first-order valence-electron chi connectivity index (χ1n) is 10.9. The van der Waals surface area contributed by atoms with E-state index < -0.39 is 6.10 Å². The fourth-order valence-corrected chi connectivity index (χ4v) is 4.17. The molecule has 1 aliphatic carbocycles. The molecule has 0 aromatic heterocycles. The van der Waals surface area contributed by atoms with Gasteiger partial charge in [-0.1, -0.05) is 49.6 Å². The van der Waals surface area contributed by atoms with Crippen LogP contribution in [0.3, 0.4) is 0 Å². The molecule has 5 nitrogen and oxygen atoms in total. The molecule has 2 aromatic rings. The van der Waals surface area contributed by atoms with Crippen LogP contribution in [0.4, 0.5) is 0 Å². The number of rotatable bonds is 10. The Kier molecular flexibility index (Phi) is 8.02. The highest BCUT2D eigenvalue weighted by Crippen LogP contribution is 2.31. The van der Waals surface area contributed by atoms with Crippen molar-refractivity contribution in [1.82, 2.24) is 10.2 Å². The average Bonchev–Trinajstić information content (AvgIpc) is 2.78. The monoisotopic (exact) mass is 410 g/mol. The van der Waals surface area contributed by atoms with E-state index in [4.69, 9.17) is 4.74 Å². The molecule has 0 saturated heterocycles. The Hall–Kier alpha value is -2.21. The summed E-state index contributed by atoms with van der Waals surface area (Å²) in [4.78, 5) is 14.8. The van der Waals surface area contributed by atoms with Crippen molar-refractivity contribution in [2.75, 3.05) is 33.8 Å². The van der Waals surface area contributed by atoms with Crippen molar-refractivity contribution in [2.45, 2.75) is 43.7 Å². The number of aliphatic hydroxyl groups is 1. The first-order chi connectivity index (χ1) is 14.5. The lowest BCUT2D eigenvalue weighted by Gasteiger charge is -2.43. The SMILES string of the molecule is CN(C)C1(CNC[C@@H](O)COc2ccc(C(=O)c3ccccc3)cc2)CCCCC1. The molecule has 0 aliphatic heterocycles. The Morgan fingerprint density at radius 1 is 1.03 bits per heavy atom. The topological polar surface area (TPSA) is 61.8 Å². The molecule has 3 rings (SSSR count). The van der Waals surface area contributed by atoms with Gasteiger partial charge in [-0.25, -0.2) is 0 Å². The van der Waals surface area contributed by atoms with Gasteiger partial charge in [0, 0.05) is 29.8 Å². The van der Waals surface area contributed by atoms with Crippen LogP contribution >= 0.6 is 0 Å². The molecule has 0 heterocycles. The number of benzene rings is 2. The fourth-order valence-electron chi connectivity index (χ4n) is 4.17. The van der Waals surface area contributed by atoms with Crippen LogP contribution in [-0.2, 0) is 0 Å². The molecular weight excluding hydrogens is 376 g/mol. The van der Waals surface area contributed by atoms with E-state index in [0.717, 1.165) is 6.54 Å². The number of hydrogen-bond acceptors (Lipinski definition) is 5. The van der Waals surface area contributed by atoms with Gasteiger partial charge in [0.15, 0.2) is 5.78 Å². The van der Waals surface area contributed by atoms with Crippen LogP contribution in [0.2, 0.25) is 0 Å². The van der Waals surface area contributed by atoms with Crippen LogP contribution in [0.25, 0.3) is 0 Å². The van der Waals surface area contributed by atoms with Gasteiger partial charge in [-0.05, 0) is 51.2 Å². The van der Waals surface area contributed by atoms with Gasteiger partial charge in [-0.2, -0.15) is 0 Å². The summed E-state index contributed by atoms with van der Waals surface area (Å²) >= 11 is 0. The number of nitrogens with zero attached hydrogens (tertiary/aromatic N) is 1. The first-order valence-corrected chi connectivity index (χ1v) is 10.9. The van der Waals surface area contributed by atoms with E-state index in [1.807, 2.05) is 30.3 Å². The summed E-state index contributed by atoms with van der Waals surface area (Å²) < 4.78 is 5.71. The molecular formula is C25H34N2O3. The molecule has 0 unspecified atom stereocenters. The smallest absolute Gasteiger partial charge is 0.193 e. The van der Waals surface area contributed by atoms with E-state index in [-0.39, 0.29) is 17.9 Å². The van der Waals surface area contributed by atoms with E-state index in [2.05, 4.69) is 24.3 Å². The van der Waals surface area contributed by atoms with E-state index >= 15 is 0 Å². The Labute approximate surface area is 180 Å². The predicted octanol–water partition coefficient (Wildman–Crippen LogP) is 3.51. The maximum absolute atomic E-state index is 12.5. The van der Waals surface area contributed by atoms with Crippen molar-refractivity contribution in [1.29, 1.82) is 0 Å². The van der Waals surface area contributed by atoms with Gasteiger partial charge in [0.05, 0.1) is 0 Å². The van der Waals surface area contributed by atoms with Crippen molar-refractivity contribution in [3.8, 4) is 5.75 Å². The molecule has 0 bridgehead atoms. The Balaban J connectivity index is 1.43. The number of carbonyl (C=O) groups is 1. The van der Waals surface area contributed by atoms with Gasteiger partial charge in [0.1, 0.15) is 18.5 Å². The van der Waals surface area contributed by atoms with Crippen LogP contribution < -0.4 is 10.1 Å². The Bertz CT molecular complexity index is 784. The van der Waals surface area contributed by atoms with Crippen LogP contribution in [0.5, 0.6) is 5.75 Å². The van der Waals surface area contributed by atoms with Crippen molar-refractivity contribution in [2.24, 2.45) is 0 Å². The third-order valence-corrected chi connectivity index (χ3v) is 6.16. The van der Waals surface area contributed by atoms with E-state index in [9.17, 15) is 9.90 Å². The molecule has 0 radical (unpaired) electrons. The summed E-state index contributed by atoms with van der Waals surface area (Å²) in [6, 6.07) is 16.3. The number of ether oxygens (including phenoxy) is 1. The summed E-state index contributed by atoms with van der Waals surface area (Å²) in [5.41, 5.74) is 1.48. The van der Waals surface area contributed by atoms with Gasteiger partial charge >= 0.3 is 0 Å². The average molecular weight is 411 g/mol. The summed E-state index contributed by atoms with van der Waals surface area (Å²) in [6.45, 7) is 1.60. The molecule has 2 aromatic carbocycles. The van der Waals surface area contributed by atoms with Gasteiger partial charge in [0.25, 0.3) is 0 Å². The second-order valence-corrected chi connectivity index (χ2v) is 8.49. The number of likely N-dealkylation sites (N-methyl/N-ethyl adjacent to an activating group) is 1. The van der Waals surface area contributed by atoms with Gasteiger partial charge in [-0.3, -0.25) is 4.79 Å². The molecule has 162 valence electrons. The van der Waals surface area contributed by atoms with Crippen LogP contribution in [-0.4, -0.2) is 61.2 Å². The molecule has 2 N–H and O–H groups in total. The zero-order chi connectivity index (χ0) is 21.4. The van der Waals surface area contributed by atoms with Crippen molar-refractivity contribution in [3.63, 3.8) is 0 Å². The highest BCUT2D eigenvalue weighted by Gasteiger charge is 2.33. The highest BCUT2D eigenvalue weighted by atomic mass is 16.5. The molecule has 1 fully saturated rings. The molecule has 1 atom stereocenters. The second kappa shape index (κ2) is 10.7. The maximum atomic E-state index is 12.5. The number of aliphatic hydroxyl groups excluding tert-OH is 1. The van der Waals surface area contributed by atoms with E-state index in [1.165, 1.54) is 32.1 Å². The van der Waals surface area contributed by atoms with Crippen LogP contribution in [0.1, 0.15) is 48.0 Å².